The van der Waals surface area contributed by atoms with Crippen LogP contribution in [-0.2, 0) is 6.42 Å². The maximum absolute atomic E-state index is 5.29. The minimum Gasteiger partial charge on any atom is -0.279 e. The molecule has 10 nitrogen and oxygen atoms in total. The molecule has 0 amide bonds. The summed E-state index contributed by atoms with van der Waals surface area (Å²) in [5.74, 6) is 2.63. The second kappa shape index (κ2) is 18.9. The zero-order chi connectivity index (χ0) is 43.6. The van der Waals surface area contributed by atoms with Crippen molar-refractivity contribution in [1.29, 1.82) is 0 Å². The van der Waals surface area contributed by atoms with Crippen LogP contribution in [0.25, 0.3) is 0 Å². The molecule has 2 aromatic heterocycles. The number of hydrogen-bond donors (Lipinski definition) is 0. The first-order valence-corrected chi connectivity index (χ1v) is 21.4. The third-order valence-corrected chi connectivity index (χ3v) is 10.5. The number of benzene rings is 8. The fourth-order valence-electron chi connectivity index (χ4n) is 7.63. The van der Waals surface area contributed by atoms with Crippen molar-refractivity contribution < 1.29 is 0 Å². The maximum Gasteiger partial charge on any atom is 0.239 e. The standard InChI is InChI=1S/C55H42N10/c1-9-25-42(26-10-1)62(43-27-11-2-12-28-43)52-56-50(57-53(60-52)63(44-29-13-3-14-30-44)45-31-15-4-16-32-45)41-51-58-54(64(46-33-17-5-18-34-46)47-35-19-6-20-36-47)61-55(59-51)65(48-37-21-7-22-38-48)49-39-23-8-24-40-49/h1-40H,41H2. The molecule has 2 heterocycles. The Labute approximate surface area is 378 Å². The van der Waals surface area contributed by atoms with E-state index in [1.807, 2.05) is 165 Å². The minimum atomic E-state index is 0.134. The van der Waals surface area contributed by atoms with Gasteiger partial charge in [-0.15, -0.1) is 0 Å². The van der Waals surface area contributed by atoms with E-state index in [0.29, 0.717) is 35.4 Å². The van der Waals surface area contributed by atoms with Gasteiger partial charge in [-0.1, -0.05) is 146 Å². The molecule has 0 spiro atoms. The number of rotatable bonds is 14. The fraction of sp³-hybridized carbons (Fsp3) is 0.0182. The molecule has 0 bridgehead atoms. The first-order valence-electron chi connectivity index (χ1n) is 21.4. The molecule has 0 N–H and O–H groups in total. The molecular weight excluding hydrogens is 801 g/mol. The third-order valence-electron chi connectivity index (χ3n) is 10.5. The van der Waals surface area contributed by atoms with Crippen LogP contribution in [0, 0.1) is 0 Å². The molecule has 0 fully saturated rings. The zero-order valence-electron chi connectivity index (χ0n) is 35.3. The fourth-order valence-corrected chi connectivity index (χ4v) is 7.63. The SMILES string of the molecule is c1ccc(N(c2ccccc2)c2nc(Cc3nc(N(c4ccccc4)c4ccccc4)nc(N(c4ccccc4)c4ccccc4)n3)nc(N(c3ccccc3)c3ccccc3)n2)cc1. The van der Waals surface area contributed by atoms with Gasteiger partial charge in [-0.3, -0.25) is 19.6 Å². The van der Waals surface area contributed by atoms with Crippen molar-refractivity contribution in [2.75, 3.05) is 19.6 Å². The highest BCUT2D eigenvalue weighted by molar-refractivity contribution is 5.78. The summed E-state index contributed by atoms with van der Waals surface area (Å²) >= 11 is 0. The summed E-state index contributed by atoms with van der Waals surface area (Å²) in [5, 5.41) is 0. The lowest BCUT2D eigenvalue weighted by Crippen LogP contribution is -2.22. The molecule has 65 heavy (non-hydrogen) atoms. The topological polar surface area (TPSA) is 90.3 Å². The third kappa shape index (κ3) is 9.00. The predicted octanol–water partition coefficient (Wildman–Crippen LogP) is 13.5. The summed E-state index contributed by atoms with van der Waals surface area (Å²) in [5.41, 5.74) is 7.11. The van der Waals surface area contributed by atoms with Crippen molar-refractivity contribution in [2.45, 2.75) is 6.42 Å². The Balaban J connectivity index is 1.21. The molecule has 0 aliphatic heterocycles. The van der Waals surface area contributed by atoms with Gasteiger partial charge in [-0.25, -0.2) is 0 Å². The zero-order valence-corrected chi connectivity index (χ0v) is 35.3. The van der Waals surface area contributed by atoms with E-state index in [2.05, 4.69) is 97.1 Å². The Morgan fingerprint density at radius 3 is 0.508 bits per heavy atom. The number of para-hydroxylation sites is 8. The molecule has 0 saturated heterocycles. The molecule has 0 atom stereocenters. The van der Waals surface area contributed by atoms with E-state index in [-0.39, 0.29) is 6.42 Å². The van der Waals surface area contributed by atoms with Crippen LogP contribution in [-0.4, -0.2) is 29.9 Å². The molecule has 10 aromatic rings. The van der Waals surface area contributed by atoms with Gasteiger partial charge in [0.05, 0.1) is 6.42 Å². The first-order chi connectivity index (χ1) is 32.2. The van der Waals surface area contributed by atoms with Crippen molar-refractivity contribution in [3.63, 3.8) is 0 Å². The van der Waals surface area contributed by atoms with Crippen LogP contribution in [0.4, 0.5) is 69.3 Å². The van der Waals surface area contributed by atoms with Gasteiger partial charge in [-0.05, 0) is 97.1 Å². The summed E-state index contributed by atoms with van der Waals surface area (Å²) in [6.07, 6.45) is 0.134. The van der Waals surface area contributed by atoms with E-state index in [1.54, 1.807) is 0 Å². The van der Waals surface area contributed by atoms with Crippen LogP contribution < -0.4 is 19.6 Å². The average molecular weight is 843 g/mol. The van der Waals surface area contributed by atoms with Crippen LogP contribution in [0.2, 0.25) is 0 Å². The summed E-state index contributed by atoms with van der Waals surface area (Å²) in [6.45, 7) is 0. The lowest BCUT2D eigenvalue weighted by molar-refractivity contribution is 0.835. The molecule has 8 aromatic carbocycles. The molecule has 0 radical (unpaired) electrons. The van der Waals surface area contributed by atoms with Crippen molar-refractivity contribution in [2.24, 2.45) is 0 Å². The van der Waals surface area contributed by atoms with Gasteiger partial charge < -0.3 is 0 Å². The van der Waals surface area contributed by atoms with Crippen LogP contribution in [0.5, 0.6) is 0 Å². The van der Waals surface area contributed by atoms with Gasteiger partial charge in [0.2, 0.25) is 23.8 Å². The summed E-state index contributed by atoms with van der Waals surface area (Å²) in [4.78, 5) is 39.9. The highest BCUT2D eigenvalue weighted by atomic mass is 15.4. The molecule has 0 aliphatic carbocycles. The largest absolute Gasteiger partial charge is 0.279 e. The van der Waals surface area contributed by atoms with Gasteiger partial charge in [0, 0.05) is 45.5 Å². The van der Waals surface area contributed by atoms with Crippen molar-refractivity contribution in [1.82, 2.24) is 29.9 Å². The normalized spacial score (nSPS) is 10.8. The van der Waals surface area contributed by atoms with Crippen LogP contribution in [0.1, 0.15) is 11.6 Å². The predicted molar refractivity (Wildman–Crippen MR) is 261 cm³/mol. The molecule has 312 valence electrons. The smallest absolute Gasteiger partial charge is 0.239 e. The van der Waals surface area contributed by atoms with Gasteiger partial charge in [0.25, 0.3) is 0 Å². The van der Waals surface area contributed by atoms with Gasteiger partial charge >= 0.3 is 0 Å². The molecular formula is C55H42N10. The van der Waals surface area contributed by atoms with Crippen molar-refractivity contribution in [3.05, 3.63) is 254 Å². The molecule has 10 rings (SSSR count). The summed E-state index contributed by atoms with van der Waals surface area (Å²) < 4.78 is 0. The van der Waals surface area contributed by atoms with Crippen LogP contribution in [0.3, 0.4) is 0 Å². The highest BCUT2D eigenvalue weighted by Gasteiger charge is 2.26. The lowest BCUT2D eigenvalue weighted by Gasteiger charge is -2.28. The second-order valence-corrected chi connectivity index (χ2v) is 14.9. The van der Waals surface area contributed by atoms with Crippen LogP contribution >= 0.6 is 0 Å². The quantitative estimate of drug-likeness (QED) is 0.105. The highest BCUT2D eigenvalue weighted by Crippen LogP contribution is 2.39. The van der Waals surface area contributed by atoms with E-state index in [0.717, 1.165) is 45.5 Å². The molecule has 10 heteroatoms. The van der Waals surface area contributed by atoms with Gasteiger partial charge in [0.1, 0.15) is 11.6 Å². The molecule has 0 saturated carbocycles. The molecule has 0 unspecified atom stereocenters. The number of hydrogen-bond acceptors (Lipinski definition) is 10. The van der Waals surface area contributed by atoms with Crippen molar-refractivity contribution in [3.8, 4) is 0 Å². The van der Waals surface area contributed by atoms with Gasteiger partial charge in [-0.2, -0.15) is 29.9 Å². The Morgan fingerprint density at radius 1 is 0.200 bits per heavy atom. The maximum atomic E-state index is 5.29. The Morgan fingerprint density at radius 2 is 0.354 bits per heavy atom. The average Bonchev–Trinajstić information content (AvgIpc) is 3.37. The lowest BCUT2D eigenvalue weighted by atomic mass is 10.2. The summed E-state index contributed by atoms with van der Waals surface area (Å²) in [7, 11) is 0. The monoisotopic (exact) mass is 842 g/mol. The van der Waals surface area contributed by atoms with E-state index >= 15 is 0 Å². The number of aromatic nitrogens is 6. The van der Waals surface area contributed by atoms with E-state index in [9.17, 15) is 0 Å². The minimum absolute atomic E-state index is 0.134. The van der Waals surface area contributed by atoms with E-state index < -0.39 is 0 Å². The molecule has 0 aliphatic rings. The Bertz CT molecular complexity index is 2490. The van der Waals surface area contributed by atoms with E-state index in [1.165, 1.54) is 0 Å². The van der Waals surface area contributed by atoms with Crippen molar-refractivity contribution >= 4 is 69.3 Å². The van der Waals surface area contributed by atoms with Crippen LogP contribution in [0.15, 0.2) is 243 Å². The number of nitrogens with zero attached hydrogens (tertiary/aromatic N) is 10. The Kier molecular flexibility index (Phi) is 11.7. The second-order valence-electron chi connectivity index (χ2n) is 14.9. The van der Waals surface area contributed by atoms with E-state index in [4.69, 9.17) is 29.9 Å². The first kappa shape index (κ1) is 40.1. The summed E-state index contributed by atoms with van der Waals surface area (Å²) in [6, 6.07) is 81.0. The Hall–Kier alpha value is -9.02. The van der Waals surface area contributed by atoms with Gasteiger partial charge in [0.15, 0.2) is 0 Å². The number of anilines is 12.